The Morgan fingerprint density at radius 3 is 2.54 bits per heavy atom. The Bertz CT molecular complexity index is 710. The minimum atomic E-state index is -5.84. The van der Waals surface area contributed by atoms with Crippen LogP contribution in [0, 0.1) is 0 Å². The molecule has 1 aromatic rings. The van der Waals surface area contributed by atoms with Crippen LogP contribution in [0.15, 0.2) is 6.07 Å². The monoisotopic (exact) mass is 371 g/mol. The lowest BCUT2D eigenvalue weighted by molar-refractivity contribution is -0.0501. The predicted octanol–water partition coefficient (Wildman–Crippen LogP) is 0.900. The standard InChI is InChI=1S/C12H16F3N3O5S/c1-17(8-3-5-22-6-4-8)11(19)9-7-10(16-18(9)2)23-24(20,21)12(13,14)15/h7-8H,3-6H2,1-2H3. The largest absolute Gasteiger partial charge is 0.534 e. The van der Waals surface area contributed by atoms with E-state index in [9.17, 15) is 26.4 Å². The van der Waals surface area contributed by atoms with Crippen LogP contribution in [0.5, 0.6) is 5.88 Å². The third-order valence-corrected chi connectivity index (χ3v) is 4.57. The summed E-state index contributed by atoms with van der Waals surface area (Å²) in [5.41, 5.74) is -5.66. The zero-order chi connectivity index (χ0) is 18.1. The summed E-state index contributed by atoms with van der Waals surface area (Å²) in [7, 11) is -2.98. The molecule has 0 saturated carbocycles. The Labute approximate surface area is 136 Å². The molecule has 0 bridgehead atoms. The number of alkyl halides is 3. The second-order valence-corrected chi connectivity index (χ2v) is 6.77. The van der Waals surface area contributed by atoms with E-state index in [1.165, 1.54) is 11.9 Å². The molecular weight excluding hydrogens is 355 g/mol. The van der Waals surface area contributed by atoms with Gasteiger partial charge in [-0.2, -0.15) is 21.6 Å². The van der Waals surface area contributed by atoms with Crippen molar-refractivity contribution in [2.45, 2.75) is 24.4 Å². The minimum Gasteiger partial charge on any atom is -0.381 e. The van der Waals surface area contributed by atoms with E-state index < -0.39 is 27.4 Å². The van der Waals surface area contributed by atoms with Crippen LogP contribution in [0.1, 0.15) is 23.3 Å². The highest BCUT2D eigenvalue weighted by molar-refractivity contribution is 7.87. The van der Waals surface area contributed by atoms with Gasteiger partial charge in [-0.25, -0.2) is 0 Å². The first-order valence-electron chi connectivity index (χ1n) is 6.92. The van der Waals surface area contributed by atoms with Crippen LogP contribution in [-0.4, -0.2) is 60.8 Å². The van der Waals surface area contributed by atoms with Crippen molar-refractivity contribution in [2.24, 2.45) is 7.05 Å². The molecule has 0 aliphatic carbocycles. The van der Waals surface area contributed by atoms with Crippen LogP contribution in [0.3, 0.4) is 0 Å². The van der Waals surface area contributed by atoms with E-state index >= 15 is 0 Å². The molecule has 2 heterocycles. The highest BCUT2D eigenvalue weighted by Gasteiger charge is 2.49. The molecule has 136 valence electrons. The van der Waals surface area contributed by atoms with Gasteiger partial charge in [-0.1, -0.05) is 0 Å². The van der Waals surface area contributed by atoms with Crippen LogP contribution in [0.25, 0.3) is 0 Å². The molecule has 8 nitrogen and oxygen atoms in total. The average molecular weight is 371 g/mol. The number of rotatable bonds is 4. The maximum Gasteiger partial charge on any atom is 0.534 e. The summed E-state index contributed by atoms with van der Waals surface area (Å²) in [6, 6.07) is 0.783. The molecule has 24 heavy (non-hydrogen) atoms. The summed E-state index contributed by atoms with van der Waals surface area (Å²) in [4.78, 5) is 13.9. The van der Waals surface area contributed by atoms with Crippen molar-refractivity contribution in [1.82, 2.24) is 14.7 Å². The highest BCUT2D eigenvalue weighted by atomic mass is 32.2. The Kier molecular flexibility index (Phi) is 5.08. The fourth-order valence-corrected chi connectivity index (χ4v) is 2.66. The van der Waals surface area contributed by atoms with Gasteiger partial charge in [0.15, 0.2) is 0 Å². The number of ether oxygens (including phenoxy) is 1. The molecule has 0 atom stereocenters. The third kappa shape index (κ3) is 3.80. The van der Waals surface area contributed by atoms with E-state index in [4.69, 9.17) is 4.74 Å². The van der Waals surface area contributed by atoms with Crippen molar-refractivity contribution < 1.29 is 35.3 Å². The molecule has 1 aromatic heterocycles. The fraction of sp³-hybridized carbons (Fsp3) is 0.667. The van der Waals surface area contributed by atoms with Gasteiger partial charge in [0.25, 0.3) is 11.8 Å². The van der Waals surface area contributed by atoms with Crippen molar-refractivity contribution in [3.63, 3.8) is 0 Å². The lowest BCUT2D eigenvalue weighted by atomic mass is 10.1. The van der Waals surface area contributed by atoms with E-state index in [0.29, 0.717) is 26.1 Å². The molecule has 1 fully saturated rings. The first kappa shape index (κ1) is 18.5. The van der Waals surface area contributed by atoms with Crippen LogP contribution >= 0.6 is 0 Å². The predicted molar refractivity (Wildman–Crippen MR) is 74.7 cm³/mol. The van der Waals surface area contributed by atoms with E-state index in [1.54, 1.807) is 7.05 Å². The molecule has 0 aromatic carbocycles. The SMILES string of the molecule is CN(C(=O)c1cc(OS(=O)(=O)C(F)(F)F)nn1C)C1CCOCC1. The van der Waals surface area contributed by atoms with Gasteiger partial charge in [0, 0.05) is 39.4 Å². The number of nitrogens with zero attached hydrogens (tertiary/aromatic N) is 3. The van der Waals surface area contributed by atoms with Gasteiger partial charge in [-0.15, -0.1) is 5.10 Å². The van der Waals surface area contributed by atoms with Gasteiger partial charge >= 0.3 is 15.6 Å². The van der Waals surface area contributed by atoms with Gasteiger partial charge in [0.1, 0.15) is 5.69 Å². The quantitative estimate of drug-likeness (QED) is 0.577. The Morgan fingerprint density at radius 2 is 2.00 bits per heavy atom. The van der Waals surface area contributed by atoms with Crippen LogP contribution in [0.2, 0.25) is 0 Å². The summed E-state index contributed by atoms with van der Waals surface area (Å²) >= 11 is 0. The highest BCUT2D eigenvalue weighted by Crippen LogP contribution is 2.27. The van der Waals surface area contributed by atoms with Gasteiger partial charge in [-0.3, -0.25) is 9.48 Å². The number of halogens is 3. The van der Waals surface area contributed by atoms with E-state index in [-0.39, 0.29) is 11.7 Å². The number of carbonyl (C=O) groups excluding carboxylic acids is 1. The van der Waals surface area contributed by atoms with Crippen LogP contribution < -0.4 is 4.18 Å². The Morgan fingerprint density at radius 1 is 1.42 bits per heavy atom. The number of amides is 1. The molecule has 2 rings (SSSR count). The van der Waals surface area contributed by atoms with E-state index in [1.807, 2.05) is 0 Å². The van der Waals surface area contributed by atoms with Crippen LogP contribution in [0.4, 0.5) is 13.2 Å². The topological polar surface area (TPSA) is 90.7 Å². The molecular formula is C12H16F3N3O5S. The zero-order valence-corrected chi connectivity index (χ0v) is 13.7. The molecule has 1 aliphatic rings. The minimum absolute atomic E-state index is 0.0792. The maximum atomic E-state index is 12.4. The number of aryl methyl sites for hydroxylation is 1. The second-order valence-electron chi connectivity index (χ2n) is 5.23. The van der Waals surface area contributed by atoms with Gasteiger partial charge < -0.3 is 13.8 Å². The average Bonchev–Trinajstić information content (AvgIpc) is 2.85. The number of carbonyl (C=O) groups is 1. The number of hydrogen-bond acceptors (Lipinski definition) is 6. The molecule has 1 aliphatic heterocycles. The number of hydrogen-bond donors (Lipinski definition) is 0. The first-order chi connectivity index (χ1) is 11.0. The molecule has 0 radical (unpaired) electrons. The Hall–Kier alpha value is -1.82. The summed E-state index contributed by atoms with van der Waals surface area (Å²) in [6.07, 6.45) is 1.26. The van der Waals surface area contributed by atoms with Crippen molar-refractivity contribution in [2.75, 3.05) is 20.3 Å². The van der Waals surface area contributed by atoms with Gasteiger partial charge in [0.2, 0.25) is 0 Å². The molecule has 12 heteroatoms. The number of aromatic nitrogens is 2. The van der Waals surface area contributed by atoms with Crippen LogP contribution in [-0.2, 0) is 21.9 Å². The Balaban J connectivity index is 2.17. The van der Waals surface area contributed by atoms with Gasteiger partial charge in [0.05, 0.1) is 0 Å². The molecule has 0 spiro atoms. The molecule has 0 unspecified atom stereocenters. The first-order valence-corrected chi connectivity index (χ1v) is 8.33. The smallest absolute Gasteiger partial charge is 0.381 e. The lowest BCUT2D eigenvalue weighted by Crippen LogP contribution is -2.41. The summed E-state index contributed by atoms with van der Waals surface area (Å²) in [5.74, 6) is -1.32. The summed E-state index contributed by atoms with van der Waals surface area (Å²) in [6.45, 7) is 1.01. The third-order valence-electron chi connectivity index (χ3n) is 3.61. The van der Waals surface area contributed by atoms with Crippen molar-refractivity contribution >= 4 is 16.0 Å². The fourth-order valence-electron chi connectivity index (χ4n) is 2.26. The van der Waals surface area contributed by atoms with Crippen molar-refractivity contribution in [3.05, 3.63) is 11.8 Å². The van der Waals surface area contributed by atoms with E-state index in [0.717, 1.165) is 10.7 Å². The van der Waals surface area contributed by atoms with Crippen molar-refractivity contribution in [3.8, 4) is 5.88 Å². The normalized spacial score (nSPS) is 16.9. The lowest BCUT2D eigenvalue weighted by Gasteiger charge is -2.31. The van der Waals surface area contributed by atoms with Gasteiger partial charge in [-0.05, 0) is 12.8 Å². The molecule has 1 saturated heterocycles. The summed E-state index contributed by atoms with van der Waals surface area (Å²) in [5, 5.41) is 3.50. The summed E-state index contributed by atoms with van der Waals surface area (Å²) < 4.78 is 69.0. The second kappa shape index (κ2) is 6.59. The van der Waals surface area contributed by atoms with Crippen molar-refractivity contribution in [1.29, 1.82) is 0 Å². The van der Waals surface area contributed by atoms with E-state index in [2.05, 4.69) is 9.28 Å². The maximum absolute atomic E-state index is 12.4. The zero-order valence-electron chi connectivity index (χ0n) is 12.9. The molecule has 1 amide bonds. The molecule has 0 N–H and O–H groups in total.